The van der Waals surface area contributed by atoms with Crippen molar-refractivity contribution < 1.29 is 19.1 Å². The van der Waals surface area contributed by atoms with Gasteiger partial charge in [-0.3, -0.25) is 4.68 Å². The van der Waals surface area contributed by atoms with Gasteiger partial charge in [-0.05, 0) is 114 Å². The van der Waals surface area contributed by atoms with Crippen molar-refractivity contribution in [2.45, 2.75) is 77.4 Å². The van der Waals surface area contributed by atoms with E-state index in [1.54, 1.807) is 0 Å². The van der Waals surface area contributed by atoms with E-state index >= 15 is 0 Å². The summed E-state index contributed by atoms with van der Waals surface area (Å²) in [6.45, 7) is 12.0. The molecule has 0 spiro atoms. The Kier molecular flexibility index (Phi) is 10.1. The highest BCUT2D eigenvalue weighted by atomic mass is 16.6. The van der Waals surface area contributed by atoms with Crippen molar-refractivity contribution >= 4 is 12.1 Å². The average molecular weight is 601 g/mol. The van der Waals surface area contributed by atoms with Crippen LogP contribution < -0.4 is 0 Å². The van der Waals surface area contributed by atoms with Gasteiger partial charge in [0.1, 0.15) is 5.60 Å². The first-order valence-corrected chi connectivity index (χ1v) is 16.2. The fourth-order valence-corrected chi connectivity index (χ4v) is 6.24. The van der Waals surface area contributed by atoms with E-state index in [0.717, 1.165) is 69.4 Å². The molecule has 0 radical (unpaired) electrons. The lowest BCUT2D eigenvalue weighted by Crippen LogP contribution is -2.44. The van der Waals surface area contributed by atoms with E-state index in [-0.39, 0.29) is 18.1 Å². The maximum absolute atomic E-state index is 13.4. The number of aryl methyl sites for hydroxylation is 2. The number of piperidine rings is 1. The van der Waals surface area contributed by atoms with Crippen LogP contribution >= 0.6 is 0 Å². The number of carbonyl (C=O) groups excluding carboxylic acids is 2. The van der Waals surface area contributed by atoms with Crippen molar-refractivity contribution in [3.8, 4) is 11.1 Å². The molecule has 8 nitrogen and oxygen atoms in total. The average Bonchev–Trinajstić information content (AvgIpc) is 3.67. The van der Waals surface area contributed by atoms with Crippen LogP contribution in [-0.2, 0) is 22.9 Å². The zero-order valence-corrected chi connectivity index (χ0v) is 27.0. The zero-order chi connectivity index (χ0) is 31.3. The van der Waals surface area contributed by atoms with E-state index in [2.05, 4.69) is 34.3 Å². The van der Waals surface area contributed by atoms with Crippen molar-refractivity contribution in [2.75, 3.05) is 32.8 Å². The lowest BCUT2D eigenvalue weighted by Gasteiger charge is -2.36. The second kappa shape index (κ2) is 14.0. The molecule has 0 bridgehead atoms. The van der Waals surface area contributed by atoms with E-state index in [1.165, 1.54) is 11.1 Å². The molecule has 1 saturated heterocycles. The van der Waals surface area contributed by atoms with Crippen LogP contribution in [0.3, 0.4) is 0 Å². The summed E-state index contributed by atoms with van der Waals surface area (Å²) in [5, 5.41) is 4.29. The fourth-order valence-electron chi connectivity index (χ4n) is 6.24. The lowest BCUT2D eigenvalue weighted by molar-refractivity contribution is 0.0171. The number of amides is 1. The second-order valence-electron chi connectivity index (χ2n) is 13.4. The number of carbonyl (C=O) groups is 2. The van der Waals surface area contributed by atoms with E-state index in [9.17, 15) is 9.59 Å². The highest BCUT2D eigenvalue weighted by molar-refractivity contribution is 5.89. The quantitative estimate of drug-likeness (QED) is 0.228. The van der Waals surface area contributed by atoms with Crippen LogP contribution in [0.1, 0.15) is 80.8 Å². The topological polar surface area (TPSA) is 76.9 Å². The third-order valence-electron chi connectivity index (χ3n) is 8.73. The van der Waals surface area contributed by atoms with Crippen LogP contribution in [0.4, 0.5) is 4.79 Å². The number of nitrogens with zero attached hydrogens (tertiary/aromatic N) is 4. The van der Waals surface area contributed by atoms with E-state index in [1.807, 2.05) is 81.0 Å². The minimum atomic E-state index is -0.520. The Bertz CT molecular complexity index is 1380. The minimum absolute atomic E-state index is 0.183. The number of hydrogen-bond donors (Lipinski definition) is 0. The molecule has 2 fully saturated rings. The van der Waals surface area contributed by atoms with Gasteiger partial charge in [0.2, 0.25) is 0 Å². The normalized spacial score (nSPS) is 19.0. The Hall–Kier alpha value is -3.65. The fraction of sp³-hybridized carbons (Fsp3) is 0.528. The molecule has 236 valence electrons. The first-order chi connectivity index (χ1) is 21.1. The van der Waals surface area contributed by atoms with Gasteiger partial charge in [-0.2, -0.15) is 5.10 Å². The number of rotatable bonds is 11. The maximum Gasteiger partial charge on any atom is 0.410 e. The zero-order valence-electron chi connectivity index (χ0n) is 27.0. The molecular formula is C36H48N4O4. The Morgan fingerprint density at radius 2 is 1.70 bits per heavy atom. The Morgan fingerprint density at radius 1 is 1.00 bits per heavy atom. The summed E-state index contributed by atoms with van der Waals surface area (Å²) in [6.07, 6.45) is 8.95. The number of aromatic nitrogens is 2. The molecule has 2 unspecified atom stereocenters. The molecule has 1 aliphatic heterocycles. The third kappa shape index (κ3) is 8.50. The number of esters is 1. The lowest BCUT2D eigenvalue weighted by atomic mass is 9.95. The van der Waals surface area contributed by atoms with Gasteiger partial charge in [0.15, 0.2) is 0 Å². The Labute approximate surface area is 262 Å². The summed E-state index contributed by atoms with van der Waals surface area (Å²) in [4.78, 5) is 29.9. The van der Waals surface area contributed by atoms with Gasteiger partial charge < -0.3 is 19.3 Å². The van der Waals surface area contributed by atoms with Gasteiger partial charge in [0, 0.05) is 37.3 Å². The molecule has 1 amide bonds. The van der Waals surface area contributed by atoms with Crippen LogP contribution in [0.5, 0.6) is 0 Å². The number of benzene rings is 2. The summed E-state index contributed by atoms with van der Waals surface area (Å²) < 4.78 is 12.8. The molecule has 44 heavy (non-hydrogen) atoms. The van der Waals surface area contributed by atoms with Gasteiger partial charge in [-0.1, -0.05) is 36.4 Å². The molecule has 0 N–H and O–H groups in total. The van der Waals surface area contributed by atoms with E-state index < -0.39 is 5.60 Å². The summed E-state index contributed by atoms with van der Waals surface area (Å²) in [6, 6.07) is 16.7. The van der Waals surface area contributed by atoms with Crippen molar-refractivity contribution in [3.05, 3.63) is 77.6 Å². The minimum Gasteiger partial charge on any atom is -0.462 e. The van der Waals surface area contributed by atoms with Crippen molar-refractivity contribution in [3.63, 3.8) is 0 Å². The molecule has 1 saturated carbocycles. The SMILES string of the molecule is CCOC(=O)c1ccc(CCCN2CCC(CN(C(=O)OC(C)(C)C)C3CC3c3ccc(-c4cnn(C)c4)cc3)CC2)cc1. The molecule has 2 aliphatic rings. The number of hydrogen-bond acceptors (Lipinski definition) is 6. The van der Waals surface area contributed by atoms with Gasteiger partial charge in [0.25, 0.3) is 0 Å². The van der Waals surface area contributed by atoms with E-state index in [4.69, 9.17) is 9.47 Å². The van der Waals surface area contributed by atoms with Crippen LogP contribution in [0.2, 0.25) is 0 Å². The van der Waals surface area contributed by atoms with E-state index in [0.29, 0.717) is 24.0 Å². The summed E-state index contributed by atoms with van der Waals surface area (Å²) >= 11 is 0. The van der Waals surface area contributed by atoms with Gasteiger partial charge in [0.05, 0.1) is 18.4 Å². The monoisotopic (exact) mass is 600 g/mol. The van der Waals surface area contributed by atoms with Crippen molar-refractivity contribution in [1.82, 2.24) is 19.6 Å². The predicted octanol–water partition coefficient (Wildman–Crippen LogP) is 6.70. The first-order valence-electron chi connectivity index (χ1n) is 16.2. The molecular weight excluding hydrogens is 552 g/mol. The third-order valence-corrected chi connectivity index (χ3v) is 8.73. The number of likely N-dealkylation sites (tertiary alicyclic amines) is 1. The second-order valence-corrected chi connectivity index (χ2v) is 13.4. The van der Waals surface area contributed by atoms with Crippen LogP contribution in [0.15, 0.2) is 60.9 Å². The van der Waals surface area contributed by atoms with Crippen molar-refractivity contribution in [2.24, 2.45) is 13.0 Å². The highest BCUT2D eigenvalue weighted by Crippen LogP contribution is 2.46. The summed E-state index contributed by atoms with van der Waals surface area (Å²) in [5.74, 6) is 0.556. The smallest absolute Gasteiger partial charge is 0.410 e. The van der Waals surface area contributed by atoms with Gasteiger partial charge in [-0.15, -0.1) is 0 Å². The molecule has 1 aromatic heterocycles. The highest BCUT2D eigenvalue weighted by Gasteiger charge is 2.46. The largest absolute Gasteiger partial charge is 0.462 e. The number of ether oxygens (including phenoxy) is 2. The standard InChI is InChI=1S/C36H48N4O4/c1-6-43-34(41)30-11-9-26(10-12-30)8-7-19-39-20-17-27(18-21-39)24-40(35(42)44-36(2,3)4)33-22-32(33)29-15-13-28(14-16-29)31-23-37-38(5)25-31/h9-16,23,25,27,32-33H,6-8,17-22,24H2,1-5H3. The Balaban J connectivity index is 1.11. The summed E-state index contributed by atoms with van der Waals surface area (Å²) in [7, 11) is 1.93. The Morgan fingerprint density at radius 3 is 2.32 bits per heavy atom. The molecule has 5 rings (SSSR count). The van der Waals surface area contributed by atoms with Crippen LogP contribution in [0.25, 0.3) is 11.1 Å². The maximum atomic E-state index is 13.4. The van der Waals surface area contributed by atoms with Crippen molar-refractivity contribution in [1.29, 1.82) is 0 Å². The molecule has 2 aromatic carbocycles. The first kappa shape index (κ1) is 31.8. The molecule has 1 aliphatic carbocycles. The predicted molar refractivity (Wildman–Crippen MR) is 173 cm³/mol. The molecule has 3 aromatic rings. The van der Waals surface area contributed by atoms with Gasteiger partial charge in [-0.25, -0.2) is 9.59 Å². The van der Waals surface area contributed by atoms with Gasteiger partial charge >= 0.3 is 12.1 Å². The molecule has 8 heteroatoms. The summed E-state index contributed by atoms with van der Waals surface area (Å²) in [5.41, 5.74) is 4.87. The van der Waals surface area contributed by atoms with Crippen LogP contribution in [0, 0.1) is 5.92 Å². The van der Waals surface area contributed by atoms with Crippen LogP contribution in [-0.4, -0.2) is 76.1 Å². The molecule has 2 atom stereocenters. The molecule has 2 heterocycles.